The molecule has 4 rings (SSSR count). The van der Waals surface area contributed by atoms with Crippen LogP contribution in [0.2, 0.25) is 0 Å². The highest BCUT2D eigenvalue weighted by Crippen LogP contribution is 2.20. The number of imidazole rings is 1. The Morgan fingerprint density at radius 2 is 1.67 bits per heavy atom. The Balaban J connectivity index is 1.55. The van der Waals surface area contributed by atoms with Crippen LogP contribution in [0.1, 0.15) is 30.0 Å². The number of amides is 2. The van der Waals surface area contributed by atoms with Crippen molar-refractivity contribution in [1.29, 1.82) is 0 Å². The van der Waals surface area contributed by atoms with E-state index in [4.69, 9.17) is 4.98 Å². The third-order valence-electron chi connectivity index (χ3n) is 5.42. The number of para-hydroxylation sites is 3. The second-order valence-electron chi connectivity index (χ2n) is 8.04. The Morgan fingerprint density at radius 3 is 2.39 bits per heavy atom. The van der Waals surface area contributed by atoms with Crippen LogP contribution in [-0.4, -0.2) is 38.9 Å². The van der Waals surface area contributed by atoms with Gasteiger partial charge in [0, 0.05) is 42.7 Å². The molecule has 0 fully saturated rings. The maximum absolute atomic E-state index is 13.4. The van der Waals surface area contributed by atoms with Gasteiger partial charge in [-0.15, -0.1) is 0 Å². The molecule has 0 unspecified atom stereocenters. The number of nitrogens with zero attached hydrogens (tertiary/aromatic N) is 4. The molecule has 0 spiro atoms. The number of aromatic nitrogens is 3. The zero-order valence-electron chi connectivity index (χ0n) is 18.8. The van der Waals surface area contributed by atoms with Crippen molar-refractivity contribution in [2.24, 2.45) is 0 Å². The highest BCUT2D eigenvalue weighted by molar-refractivity contribution is 5.95. The quantitative estimate of drug-likeness (QED) is 0.450. The molecule has 0 aliphatic carbocycles. The van der Waals surface area contributed by atoms with Gasteiger partial charge in [0.1, 0.15) is 12.4 Å². The zero-order chi connectivity index (χ0) is 23.2. The average molecular weight is 442 g/mol. The molecule has 7 heteroatoms. The van der Waals surface area contributed by atoms with Crippen molar-refractivity contribution < 1.29 is 9.59 Å². The van der Waals surface area contributed by atoms with Crippen LogP contribution in [-0.2, 0) is 17.8 Å². The van der Waals surface area contributed by atoms with Gasteiger partial charge in [-0.25, -0.2) is 4.98 Å². The van der Waals surface area contributed by atoms with Crippen molar-refractivity contribution in [3.8, 4) is 0 Å². The molecule has 0 atom stereocenters. The fourth-order valence-corrected chi connectivity index (χ4v) is 3.92. The van der Waals surface area contributed by atoms with Crippen LogP contribution < -0.4 is 10.2 Å². The van der Waals surface area contributed by atoms with E-state index in [-0.39, 0.29) is 24.4 Å². The van der Waals surface area contributed by atoms with Gasteiger partial charge in [-0.05, 0) is 50.2 Å². The van der Waals surface area contributed by atoms with Crippen molar-refractivity contribution in [2.75, 3.05) is 11.4 Å². The van der Waals surface area contributed by atoms with E-state index < -0.39 is 0 Å². The lowest BCUT2D eigenvalue weighted by molar-refractivity contribution is -0.119. The van der Waals surface area contributed by atoms with Crippen molar-refractivity contribution in [2.45, 2.75) is 32.9 Å². The van der Waals surface area contributed by atoms with E-state index in [1.165, 1.54) is 0 Å². The number of rotatable bonds is 8. The van der Waals surface area contributed by atoms with E-state index in [1.54, 1.807) is 24.5 Å². The largest absolute Gasteiger partial charge is 0.352 e. The molecule has 0 radical (unpaired) electrons. The lowest BCUT2D eigenvalue weighted by Gasteiger charge is -2.27. The number of carbonyl (C=O) groups excluding carboxylic acids is 2. The van der Waals surface area contributed by atoms with Crippen LogP contribution in [0.5, 0.6) is 0 Å². The Kier molecular flexibility index (Phi) is 6.78. The van der Waals surface area contributed by atoms with Crippen LogP contribution in [0, 0.1) is 0 Å². The van der Waals surface area contributed by atoms with Gasteiger partial charge in [0.25, 0.3) is 5.91 Å². The summed E-state index contributed by atoms with van der Waals surface area (Å²) in [6, 6.07) is 20.8. The number of hydrogen-bond acceptors (Lipinski definition) is 4. The smallest absolute Gasteiger partial charge is 0.251 e. The number of nitrogens with one attached hydrogen (secondary N) is 1. The molecule has 0 saturated carbocycles. The molecule has 0 aliphatic heterocycles. The normalized spacial score (nSPS) is 11.0. The SMILES string of the molecule is CC(C)N(C(=O)Cn1c(CCNC(=O)c2ccncc2)nc2ccccc21)c1ccccc1. The summed E-state index contributed by atoms with van der Waals surface area (Å²) in [5, 5.41) is 2.92. The predicted octanol–water partition coefficient (Wildman–Crippen LogP) is 3.85. The second kappa shape index (κ2) is 10.1. The minimum absolute atomic E-state index is 0.0118. The van der Waals surface area contributed by atoms with Gasteiger partial charge in [0.2, 0.25) is 5.91 Å². The van der Waals surface area contributed by atoms with Gasteiger partial charge in [0.15, 0.2) is 0 Å². The summed E-state index contributed by atoms with van der Waals surface area (Å²) >= 11 is 0. The van der Waals surface area contributed by atoms with Gasteiger partial charge < -0.3 is 14.8 Å². The molecule has 2 aromatic heterocycles. The monoisotopic (exact) mass is 441 g/mol. The number of hydrogen-bond donors (Lipinski definition) is 1. The molecule has 168 valence electrons. The van der Waals surface area contributed by atoms with Crippen LogP contribution in [0.3, 0.4) is 0 Å². The van der Waals surface area contributed by atoms with E-state index in [0.717, 1.165) is 22.5 Å². The number of benzene rings is 2. The van der Waals surface area contributed by atoms with Crippen LogP contribution >= 0.6 is 0 Å². The van der Waals surface area contributed by atoms with Crippen molar-refractivity contribution in [3.63, 3.8) is 0 Å². The summed E-state index contributed by atoms with van der Waals surface area (Å²) in [7, 11) is 0. The fraction of sp³-hybridized carbons (Fsp3) is 0.231. The Labute approximate surface area is 193 Å². The van der Waals surface area contributed by atoms with E-state index in [2.05, 4.69) is 10.3 Å². The Bertz CT molecular complexity index is 1240. The summed E-state index contributed by atoms with van der Waals surface area (Å²) in [6.45, 7) is 4.59. The molecule has 2 heterocycles. The van der Waals surface area contributed by atoms with Gasteiger partial charge in [0.05, 0.1) is 11.0 Å². The molecular weight excluding hydrogens is 414 g/mol. The average Bonchev–Trinajstić information content (AvgIpc) is 3.17. The Hall–Kier alpha value is -4.00. The number of carbonyl (C=O) groups is 2. The van der Waals surface area contributed by atoms with Crippen LogP contribution in [0.15, 0.2) is 79.1 Å². The summed E-state index contributed by atoms with van der Waals surface area (Å²) in [6.07, 6.45) is 3.69. The van der Waals surface area contributed by atoms with Crippen LogP contribution in [0.25, 0.3) is 11.0 Å². The third kappa shape index (κ3) is 5.09. The number of anilines is 1. The standard InChI is InChI=1S/C26H27N5O2/c1-19(2)31(21-8-4-3-5-9-21)25(32)18-30-23-11-7-6-10-22(23)29-24(30)14-17-28-26(33)20-12-15-27-16-13-20/h3-13,15-16,19H,14,17-18H2,1-2H3,(H,28,33). The predicted molar refractivity (Wildman–Crippen MR) is 129 cm³/mol. The van der Waals surface area contributed by atoms with Gasteiger partial charge in [-0.2, -0.15) is 0 Å². The lowest BCUT2D eigenvalue weighted by atomic mass is 10.2. The summed E-state index contributed by atoms with van der Waals surface area (Å²) < 4.78 is 1.95. The zero-order valence-corrected chi connectivity index (χ0v) is 18.8. The van der Waals surface area contributed by atoms with Gasteiger partial charge >= 0.3 is 0 Å². The summed E-state index contributed by atoms with van der Waals surface area (Å²) in [5.74, 6) is 0.587. The molecule has 33 heavy (non-hydrogen) atoms. The Morgan fingerprint density at radius 1 is 0.970 bits per heavy atom. The van der Waals surface area contributed by atoms with E-state index >= 15 is 0 Å². The molecule has 2 amide bonds. The van der Waals surface area contributed by atoms with Gasteiger partial charge in [-0.1, -0.05) is 30.3 Å². The fourth-order valence-electron chi connectivity index (χ4n) is 3.92. The minimum atomic E-state index is -0.161. The minimum Gasteiger partial charge on any atom is -0.352 e. The molecule has 2 aromatic carbocycles. The first-order valence-corrected chi connectivity index (χ1v) is 11.0. The highest BCUT2D eigenvalue weighted by Gasteiger charge is 2.22. The van der Waals surface area contributed by atoms with Crippen molar-refractivity contribution in [3.05, 3.63) is 90.5 Å². The molecule has 0 saturated heterocycles. The summed E-state index contributed by atoms with van der Waals surface area (Å²) in [4.78, 5) is 36.3. The number of fused-ring (bicyclic) bond motifs is 1. The van der Waals surface area contributed by atoms with E-state index in [0.29, 0.717) is 18.5 Å². The molecule has 4 aromatic rings. The first-order chi connectivity index (χ1) is 16.0. The number of pyridine rings is 1. The lowest BCUT2D eigenvalue weighted by Crippen LogP contribution is -2.39. The molecular formula is C26H27N5O2. The maximum atomic E-state index is 13.4. The first-order valence-electron chi connectivity index (χ1n) is 11.0. The maximum Gasteiger partial charge on any atom is 0.251 e. The topological polar surface area (TPSA) is 80.1 Å². The molecule has 0 aliphatic rings. The first kappa shape index (κ1) is 22.2. The highest BCUT2D eigenvalue weighted by atomic mass is 16.2. The van der Waals surface area contributed by atoms with Crippen molar-refractivity contribution in [1.82, 2.24) is 19.9 Å². The molecule has 7 nitrogen and oxygen atoms in total. The van der Waals surface area contributed by atoms with Crippen molar-refractivity contribution >= 4 is 28.5 Å². The third-order valence-corrected chi connectivity index (χ3v) is 5.42. The van der Waals surface area contributed by atoms with E-state index in [1.807, 2.05) is 77.9 Å². The summed E-state index contributed by atoms with van der Waals surface area (Å²) in [5.41, 5.74) is 3.16. The molecule has 1 N–H and O–H groups in total. The van der Waals surface area contributed by atoms with E-state index in [9.17, 15) is 9.59 Å². The second-order valence-corrected chi connectivity index (χ2v) is 8.04. The van der Waals surface area contributed by atoms with Gasteiger partial charge in [-0.3, -0.25) is 14.6 Å². The van der Waals surface area contributed by atoms with Crippen LogP contribution in [0.4, 0.5) is 5.69 Å². The molecule has 0 bridgehead atoms.